The molecule has 6 nitrogen and oxygen atoms in total. The van der Waals surface area contributed by atoms with Crippen LogP contribution in [0.1, 0.15) is 11.6 Å². The fraction of sp³-hybridized carbons (Fsp3) is 0.182. The second-order valence-electron chi connectivity index (χ2n) is 3.57. The highest BCUT2D eigenvalue weighted by Gasteiger charge is 2.25. The Hall–Kier alpha value is -2.15. The van der Waals surface area contributed by atoms with Crippen molar-refractivity contribution in [2.24, 2.45) is 0 Å². The monoisotopic (exact) mass is 265 g/mol. The van der Waals surface area contributed by atoms with Crippen molar-refractivity contribution in [1.82, 2.24) is 14.8 Å². The van der Waals surface area contributed by atoms with Crippen LogP contribution in [0.4, 0.5) is 0 Å². The quantitative estimate of drug-likeness (QED) is 0.641. The van der Waals surface area contributed by atoms with Crippen LogP contribution in [-0.4, -0.2) is 27.8 Å². The highest BCUT2D eigenvalue weighted by atomic mass is 32.1. The maximum Gasteiger partial charge on any atom is 0.343 e. The molecule has 7 heteroatoms. The third-order valence-electron chi connectivity index (χ3n) is 2.51. The Bertz CT molecular complexity index is 628. The number of rotatable bonds is 3. The average molecular weight is 265 g/mol. The number of methoxy groups -OCH3 is 1. The van der Waals surface area contributed by atoms with Crippen molar-refractivity contribution >= 4 is 18.2 Å². The highest BCUT2D eigenvalue weighted by molar-refractivity contribution is 7.71. The first-order chi connectivity index (χ1) is 8.65. The molecule has 1 heterocycles. The minimum atomic E-state index is -0.890. The average Bonchev–Trinajstić information content (AvgIpc) is 2.72. The van der Waals surface area contributed by atoms with E-state index in [9.17, 15) is 9.59 Å². The smallest absolute Gasteiger partial charge is 0.343 e. The van der Waals surface area contributed by atoms with E-state index in [1.807, 2.05) is 6.07 Å². The van der Waals surface area contributed by atoms with E-state index in [4.69, 9.17) is 17.0 Å². The van der Waals surface area contributed by atoms with Gasteiger partial charge in [-0.25, -0.2) is 19.3 Å². The Morgan fingerprint density at radius 3 is 2.50 bits per heavy atom. The van der Waals surface area contributed by atoms with Gasteiger partial charge in [-0.2, -0.15) is 0 Å². The number of H-pyrrole nitrogens is 2. The number of hydrogen-bond acceptors (Lipinski definition) is 4. The molecule has 0 radical (unpaired) electrons. The summed E-state index contributed by atoms with van der Waals surface area (Å²) in [5, 5.41) is 4.84. The summed E-state index contributed by atoms with van der Waals surface area (Å²) in [4.78, 5) is 23.5. The zero-order valence-electron chi connectivity index (χ0n) is 9.54. The van der Waals surface area contributed by atoms with E-state index in [-0.39, 0.29) is 4.77 Å². The number of nitrogens with zero attached hydrogens (tertiary/aromatic N) is 1. The zero-order valence-corrected chi connectivity index (χ0v) is 10.4. The van der Waals surface area contributed by atoms with Crippen molar-refractivity contribution in [3.8, 4) is 0 Å². The van der Waals surface area contributed by atoms with Gasteiger partial charge in [0.1, 0.15) is 0 Å². The van der Waals surface area contributed by atoms with Gasteiger partial charge in [0, 0.05) is 0 Å². The van der Waals surface area contributed by atoms with Gasteiger partial charge >= 0.3 is 11.7 Å². The van der Waals surface area contributed by atoms with Gasteiger partial charge < -0.3 is 4.74 Å². The molecule has 1 aromatic carbocycles. The van der Waals surface area contributed by atoms with Crippen molar-refractivity contribution in [2.75, 3.05) is 7.11 Å². The molecule has 94 valence electrons. The Morgan fingerprint density at radius 2 is 2.00 bits per heavy atom. The molecule has 0 spiro atoms. The molecule has 0 aliphatic rings. The lowest BCUT2D eigenvalue weighted by Gasteiger charge is -2.14. The molecule has 2 aromatic rings. The van der Waals surface area contributed by atoms with Gasteiger partial charge in [-0.15, -0.1) is 0 Å². The number of nitrogens with one attached hydrogen (secondary N) is 2. The maximum absolute atomic E-state index is 11.9. The summed E-state index contributed by atoms with van der Waals surface area (Å²) in [6, 6.07) is 7.94. The molecule has 0 amide bonds. The van der Waals surface area contributed by atoms with E-state index in [0.717, 1.165) is 4.57 Å². The Balaban J connectivity index is 2.62. The van der Waals surface area contributed by atoms with Crippen LogP contribution in [0.5, 0.6) is 0 Å². The Labute approximate surface area is 107 Å². The minimum absolute atomic E-state index is 0.138. The van der Waals surface area contributed by atoms with Crippen LogP contribution in [0.3, 0.4) is 0 Å². The number of carbonyl (C=O) groups is 1. The molecule has 1 atom stereocenters. The van der Waals surface area contributed by atoms with Gasteiger partial charge in [-0.1, -0.05) is 30.3 Å². The van der Waals surface area contributed by atoms with E-state index in [1.165, 1.54) is 7.11 Å². The third kappa shape index (κ3) is 2.12. The summed E-state index contributed by atoms with van der Waals surface area (Å²) >= 11 is 4.98. The normalized spacial score (nSPS) is 12.1. The maximum atomic E-state index is 11.9. The number of aromatic nitrogens is 3. The number of benzene rings is 1. The zero-order chi connectivity index (χ0) is 13.1. The van der Waals surface area contributed by atoms with Gasteiger partial charge in [0.05, 0.1) is 7.11 Å². The standard InChI is InChI=1S/C11H11N3O3S/c1-17-9(15)8(7-5-3-2-4-6-7)14-10(16)12-13-11(14)18/h2-6,8H,1H3,(H,12,16)(H,13,18). The van der Waals surface area contributed by atoms with Crippen molar-refractivity contribution in [2.45, 2.75) is 6.04 Å². The summed E-state index contributed by atoms with van der Waals surface area (Å²) in [7, 11) is 1.27. The lowest BCUT2D eigenvalue weighted by atomic mass is 10.1. The van der Waals surface area contributed by atoms with Crippen LogP contribution in [0.2, 0.25) is 0 Å². The van der Waals surface area contributed by atoms with Gasteiger partial charge in [0.25, 0.3) is 0 Å². The topological polar surface area (TPSA) is 79.9 Å². The number of hydrogen-bond donors (Lipinski definition) is 2. The molecule has 1 unspecified atom stereocenters. The second kappa shape index (κ2) is 5.01. The SMILES string of the molecule is COC(=O)C(c1ccccc1)n1c(=O)[nH][nH]c1=S. The van der Waals surface area contributed by atoms with Crippen molar-refractivity contribution in [3.05, 3.63) is 51.2 Å². The molecule has 0 aliphatic heterocycles. The molecule has 0 aliphatic carbocycles. The lowest BCUT2D eigenvalue weighted by Crippen LogP contribution is -2.30. The molecule has 0 fully saturated rings. The number of carbonyl (C=O) groups excluding carboxylic acids is 1. The highest BCUT2D eigenvalue weighted by Crippen LogP contribution is 2.18. The molecule has 2 rings (SSSR count). The largest absolute Gasteiger partial charge is 0.467 e. The van der Waals surface area contributed by atoms with E-state index in [1.54, 1.807) is 24.3 Å². The summed E-state index contributed by atoms with van der Waals surface area (Å²) < 4.78 is 6.02. The van der Waals surface area contributed by atoms with Crippen LogP contribution in [-0.2, 0) is 9.53 Å². The summed E-state index contributed by atoms with van der Waals surface area (Å²) in [5.41, 5.74) is 0.143. The van der Waals surface area contributed by atoms with Crippen LogP contribution in [0.25, 0.3) is 0 Å². The number of esters is 1. The molecule has 0 bridgehead atoms. The summed E-state index contributed by atoms with van der Waals surface area (Å²) in [6.07, 6.45) is 0. The fourth-order valence-corrected chi connectivity index (χ4v) is 1.93. The molecule has 18 heavy (non-hydrogen) atoms. The van der Waals surface area contributed by atoms with E-state index in [0.29, 0.717) is 5.56 Å². The van der Waals surface area contributed by atoms with Gasteiger partial charge in [0.15, 0.2) is 10.8 Å². The minimum Gasteiger partial charge on any atom is -0.467 e. The predicted molar refractivity (Wildman–Crippen MR) is 66.8 cm³/mol. The van der Waals surface area contributed by atoms with Crippen LogP contribution < -0.4 is 5.69 Å². The van der Waals surface area contributed by atoms with Crippen molar-refractivity contribution < 1.29 is 9.53 Å². The molecule has 0 saturated carbocycles. The summed E-state index contributed by atoms with van der Waals surface area (Å²) in [6.45, 7) is 0. The first kappa shape index (κ1) is 12.3. The van der Waals surface area contributed by atoms with Crippen LogP contribution >= 0.6 is 12.2 Å². The molecule has 2 N–H and O–H groups in total. The first-order valence-electron chi connectivity index (χ1n) is 5.17. The van der Waals surface area contributed by atoms with Gasteiger partial charge in [0.2, 0.25) is 0 Å². The van der Waals surface area contributed by atoms with Crippen LogP contribution in [0, 0.1) is 4.77 Å². The second-order valence-corrected chi connectivity index (χ2v) is 3.95. The van der Waals surface area contributed by atoms with E-state index >= 15 is 0 Å². The van der Waals surface area contributed by atoms with E-state index in [2.05, 4.69) is 10.2 Å². The third-order valence-corrected chi connectivity index (χ3v) is 2.81. The molecular weight excluding hydrogens is 254 g/mol. The lowest BCUT2D eigenvalue weighted by molar-refractivity contribution is -0.143. The van der Waals surface area contributed by atoms with E-state index < -0.39 is 17.7 Å². The first-order valence-corrected chi connectivity index (χ1v) is 5.58. The molecular formula is C11H11N3O3S. The van der Waals surface area contributed by atoms with Crippen molar-refractivity contribution in [3.63, 3.8) is 0 Å². The number of aromatic amines is 2. The fourth-order valence-electron chi connectivity index (χ4n) is 1.69. The van der Waals surface area contributed by atoms with Crippen LogP contribution in [0.15, 0.2) is 35.1 Å². The van der Waals surface area contributed by atoms with Crippen molar-refractivity contribution in [1.29, 1.82) is 0 Å². The Morgan fingerprint density at radius 1 is 1.33 bits per heavy atom. The molecule has 0 saturated heterocycles. The van der Waals surface area contributed by atoms with Gasteiger partial charge in [-0.05, 0) is 17.8 Å². The summed E-state index contributed by atoms with van der Waals surface area (Å²) in [5.74, 6) is -0.553. The Kier molecular flexibility index (Phi) is 3.42. The predicted octanol–water partition coefficient (Wildman–Crippen LogP) is 0.996. The van der Waals surface area contributed by atoms with Gasteiger partial charge in [-0.3, -0.25) is 5.10 Å². The number of ether oxygens (including phenoxy) is 1. The molecule has 1 aromatic heterocycles.